The molecule has 1 heterocycles. The van der Waals surface area contributed by atoms with Gasteiger partial charge in [0.2, 0.25) is 0 Å². The molecule has 0 amide bonds. The number of hydrogen-bond acceptors (Lipinski definition) is 1. The van der Waals surface area contributed by atoms with Crippen molar-refractivity contribution in [2.45, 2.75) is 0 Å². The molecule has 0 aromatic carbocycles. The van der Waals surface area contributed by atoms with E-state index in [1.807, 2.05) is 0 Å². The van der Waals surface area contributed by atoms with Crippen LogP contribution in [0.15, 0.2) is 21.3 Å². The highest BCUT2D eigenvalue weighted by molar-refractivity contribution is 9.11. The molecule has 0 unspecified atom stereocenters. The molecule has 54 valence electrons. The standard InChI is InChI=1S/C7H6Br2S/c8-3-1-2-6-4-7(9)10-5-6/h1-2,4-5H,3H2/b2-1+. The maximum atomic E-state index is 3.40. The summed E-state index contributed by atoms with van der Waals surface area (Å²) in [4.78, 5) is 0. The zero-order valence-corrected chi connectivity index (χ0v) is 9.17. The van der Waals surface area contributed by atoms with Gasteiger partial charge < -0.3 is 0 Å². The molecule has 0 atom stereocenters. The van der Waals surface area contributed by atoms with Crippen molar-refractivity contribution < 1.29 is 0 Å². The Labute approximate surface area is 81.2 Å². The highest BCUT2D eigenvalue weighted by Crippen LogP contribution is 2.21. The van der Waals surface area contributed by atoms with Crippen LogP contribution in [0.25, 0.3) is 6.08 Å². The van der Waals surface area contributed by atoms with E-state index in [0.29, 0.717) is 0 Å². The summed E-state index contributed by atoms with van der Waals surface area (Å²) in [7, 11) is 0. The van der Waals surface area contributed by atoms with Gasteiger partial charge >= 0.3 is 0 Å². The van der Waals surface area contributed by atoms with Gasteiger partial charge in [0.1, 0.15) is 0 Å². The molecule has 0 saturated heterocycles. The molecule has 0 spiro atoms. The molecule has 10 heavy (non-hydrogen) atoms. The lowest BCUT2D eigenvalue weighted by Crippen LogP contribution is -1.60. The summed E-state index contributed by atoms with van der Waals surface area (Å²) in [6, 6.07) is 2.10. The molecule has 0 radical (unpaired) electrons. The Balaban J connectivity index is 2.67. The monoisotopic (exact) mass is 280 g/mol. The molecule has 0 aliphatic carbocycles. The molecule has 0 nitrogen and oxygen atoms in total. The van der Waals surface area contributed by atoms with Gasteiger partial charge in [0, 0.05) is 5.33 Å². The summed E-state index contributed by atoms with van der Waals surface area (Å²) in [6.45, 7) is 0. The van der Waals surface area contributed by atoms with E-state index in [1.165, 1.54) is 9.35 Å². The highest BCUT2D eigenvalue weighted by Gasteiger charge is 1.90. The first-order chi connectivity index (χ1) is 4.83. The maximum absolute atomic E-state index is 3.40. The van der Waals surface area contributed by atoms with Gasteiger partial charge in [-0.2, -0.15) is 0 Å². The fourth-order valence-electron chi connectivity index (χ4n) is 0.591. The molecule has 0 fully saturated rings. The molecule has 1 aromatic rings. The summed E-state index contributed by atoms with van der Waals surface area (Å²) in [6.07, 6.45) is 4.17. The minimum atomic E-state index is 0.917. The Morgan fingerprint density at radius 2 is 2.40 bits per heavy atom. The van der Waals surface area contributed by atoms with Crippen LogP contribution in [0.5, 0.6) is 0 Å². The Morgan fingerprint density at radius 1 is 1.60 bits per heavy atom. The molecule has 0 aliphatic heterocycles. The number of thiophene rings is 1. The van der Waals surface area contributed by atoms with Crippen LogP contribution in [0.4, 0.5) is 0 Å². The van der Waals surface area contributed by atoms with E-state index >= 15 is 0 Å². The van der Waals surface area contributed by atoms with Gasteiger partial charge in [-0.15, -0.1) is 11.3 Å². The van der Waals surface area contributed by atoms with E-state index in [4.69, 9.17) is 0 Å². The van der Waals surface area contributed by atoms with Crippen LogP contribution >= 0.6 is 43.2 Å². The number of hydrogen-bond donors (Lipinski definition) is 0. The van der Waals surface area contributed by atoms with Crippen molar-refractivity contribution in [3.8, 4) is 0 Å². The van der Waals surface area contributed by atoms with Crippen molar-refractivity contribution in [1.82, 2.24) is 0 Å². The van der Waals surface area contributed by atoms with Crippen LogP contribution in [0.3, 0.4) is 0 Å². The molecule has 0 aliphatic rings. The molecule has 0 N–H and O–H groups in total. The van der Waals surface area contributed by atoms with Crippen molar-refractivity contribution in [2.75, 3.05) is 5.33 Å². The third-order valence-corrected chi connectivity index (χ3v) is 2.88. The van der Waals surface area contributed by atoms with E-state index in [9.17, 15) is 0 Å². The van der Waals surface area contributed by atoms with E-state index in [-0.39, 0.29) is 0 Å². The van der Waals surface area contributed by atoms with Crippen LogP contribution < -0.4 is 0 Å². The Hall–Kier alpha value is 0.400. The van der Waals surface area contributed by atoms with E-state index in [0.717, 1.165) is 5.33 Å². The van der Waals surface area contributed by atoms with Crippen molar-refractivity contribution >= 4 is 49.3 Å². The third-order valence-electron chi connectivity index (χ3n) is 0.987. The second-order valence-electron chi connectivity index (χ2n) is 1.74. The lowest BCUT2D eigenvalue weighted by molar-refractivity contribution is 1.79. The number of allylic oxidation sites excluding steroid dienone is 1. The zero-order valence-electron chi connectivity index (χ0n) is 5.18. The van der Waals surface area contributed by atoms with Gasteiger partial charge in [0.25, 0.3) is 0 Å². The topological polar surface area (TPSA) is 0 Å². The van der Waals surface area contributed by atoms with Crippen LogP contribution in [-0.2, 0) is 0 Å². The minimum absolute atomic E-state index is 0.917. The molecule has 0 saturated carbocycles. The Kier molecular flexibility index (Phi) is 3.66. The fraction of sp³-hybridized carbons (Fsp3) is 0.143. The maximum Gasteiger partial charge on any atom is 0.0704 e. The zero-order chi connectivity index (χ0) is 7.40. The van der Waals surface area contributed by atoms with Crippen molar-refractivity contribution in [1.29, 1.82) is 0 Å². The van der Waals surface area contributed by atoms with Crippen LogP contribution in [0.2, 0.25) is 0 Å². The molecular weight excluding hydrogens is 276 g/mol. The predicted molar refractivity (Wildman–Crippen MR) is 54.8 cm³/mol. The van der Waals surface area contributed by atoms with Gasteiger partial charge in [0.15, 0.2) is 0 Å². The third kappa shape index (κ3) is 2.56. The smallest absolute Gasteiger partial charge is 0.0704 e. The van der Waals surface area contributed by atoms with Gasteiger partial charge in [-0.25, -0.2) is 0 Å². The van der Waals surface area contributed by atoms with E-state index in [2.05, 4.69) is 55.5 Å². The van der Waals surface area contributed by atoms with E-state index in [1.54, 1.807) is 11.3 Å². The lowest BCUT2D eigenvalue weighted by Gasteiger charge is -1.78. The quantitative estimate of drug-likeness (QED) is 0.721. The second-order valence-corrected chi connectivity index (χ2v) is 4.68. The summed E-state index contributed by atoms with van der Waals surface area (Å²) >= 11 is 8.42. The molecule has 1 aromatic heterocycles. The molecule has 1 rings (SSSR count). The minimum Gasteiger partial charge on any atom is -0.136 e. The molecule has 3 heteroatoms. The summed E-state index contributed by atoms with van der Waals surface area (Å²) < 4.78 is 1.18. The Bertz CT molecular complexity index is 227. The average molecular weight is 282 g/mol. The first-order valence-electron chi connectivity index (χ1n) is 2.79. The fourth-order valence-corrected chi connectivity index (χ4v) is 1.92. The second kappa shape index (κ2) is 4.31. The van der Waals surface area contributed by atoms with Gasteiger partial charge in [-0.05, 0) is 32.9 Å². The number of halogens is 2. The van der Waals surface area contributed by atoms with Crippen LogP contribution in [0.1, 0.15) is 5.56 Å². The van der Waals surface area contributed by atoms with Gasteiger partial charge in [-0.1, -0.05) is 28.1 Å². The van der Waals surface area contributed by atoms with Crippen LogP contribution in [0, 0.1) is 0 Å². The first kappa shape index (κ1) is 8.50. The number of alkyl halides is 1. The summed E-state index contributed by atoms with van der Waals surface area (Å²) in [5.41, 5.74) is 1.26. The summed E-state index contributed by atoms with van der Waals surface area (Å²) in [5.74, 6) is 0. The van der Waals surface area contributed by atoms with Crippen molar-refractivity contribution in [3.63, 3.8) is 0 Å². The van der Waals surface area contributed by atoms with Gasteiger partial charge in [-0.3, -0.25) is 0 Å². The largest absolute Gasteiger partial charge is 0.136 e. The van der Waals surface area contributed by atoms with Crippen molar-refractivity contribution in [3.05, 3.63) is 26.9 Å². The first-order valence-corrected chi connectivity index (χ1v) is 5.59. The van der Waals surface area contributed by atoms with Crippen molar-refractivity contribution in [2.24, 2.45) is 0 Å². The molecule has 0 bridgehead atoms. The number of rotatable bonds is 2. The Morgan fingerprint density at radius 3 is 2.90 bits per heavy atom. The summed E-state index contributed by atoms with van der Waals surface area (Å²) in [5, 5.41) is 3.03. The normalized spacial score (nSPS) is 11.0. The van der Waals surface area contributed by atoms with E-state index < -0.39 is 0 Å². The predicted octanol–water partition coefficient (Wildman–Crippen LogP) is 3.92. The SMILES string of the molecule is BrC/C=C/c1csc(Br)c1. The highest BCUT2D eigenvalue weighted by atomic mass is 79.9. The molecular formula is C7H6Br2S. The van der Waals surface area contributed by atoms with Crippen LogP contribution in [-0.4, -0.2) is 5.33 Å². The van der Waals surface area contributed by atoms with Gasteiger partial charge in [0.05, 0.1) is 3.79 Å². The average Bonchev–Trinajstić information content (AvgIpc) is 2.31. The lowest BCUT2D eigenvalue weighted by atomic mass is 10.3.